The molecule has 1 saturated heterocycles. The average Bonchev–Trinajstić information content (AvgIpc) is 2.82. The monoisotopic (exact) mass is 262 g/mol. The molecule has 4 heteroatoms. The lowest BCUT2D eigenvalue weighted by molar-refractivity contribution is -0.133. The number of carbonyl (C=O) groups is 1. The van der Waals surface area contributed by atoms with Crippen LogP contribution < -0.4 is 10.5 Å². The number of nitrogens with two attached hydrogens (primary N) is 1. The normalized spacial score (nSPS) is 22.6. The van der Waals surface area contributed by atoms with Crippen LogP contribution in [0.15, 0.2) is 24.3 Å². The highest BCUT2D eigenvalue weighted by Crippen LogP contribution is 2.28. The molecule has 1 aliphatic rings. The van der Waals surface area contributed by atoms with Crippen molar-refractivity contribution in [2.45, 2.75) is 31.7 Å². The standard InChI is InChI=1S/C15H22N2O2/c1-15(11-16)8-3-9-17(15)14(18)10-12-4-6-13(19-2)7-5-12/h4-7H,3,8-11,16H2,1-2H3. The molecule has 0 radical (unpaired) electrons. The molecule has 1 aromatic rings. The summed E-state index contributed by atoms with van der Waals surface area (Å²) in [6, 6.07) is 7.64. The van der Waals surface area contributed by atoms with Crippen molar-refractivity contribution in [3.05, 3.63) is 29.8 Å². The number of amides is 1. The van der Waals surface area contributed by atoms with Crippen molar-refractivity contribution in [3.8, 4) is 5.75 Å². The minimum Gasteiger partial charge on any atom is -0.497 e. The number of benzene rings is 1. The maximum atomic E-state index is 12.4. The summed E-state index contributed by atoms with van der Waals surface area (Å²) in [6.45, 7) is 3.43. The van der Waals surface area contributed by atoms with Crippen LogP contribution in [0.2, 0.25) is 0 Å². The minimum absolute atomic E-state index is 0.163. The highest BCUT2D eigenvalue weighted by atomic mass is 16.5. The van der Waals surface area contributed by atoms with Gasteiger partial charge in [-0.2, -0.15) is 0 Å². The summed E-state index contributed by atoms with van der Waals surface area (Å²) in [5.41, 5.74) is 6.67. The Bertz CT molecular complexity index is 444. The summed E-state index contributed by atoms with van der Waals surface area (Å²) in [5.74, 6) is 0.972. The molecule has 2 rings (SSSR count). The predicted octanol–water partition coefficient (Wildman–Crippen LogP) is 1.58. The molecule has 1 atom stereocenters. The van der Waals surface area contributed by atoms with Crippen LogP contribution in [0.1, 0.15) is 25.3 Å². The molecule has 1 amide bonds. The van der Waals surface area contributed by atoms with Crippen LogP contribution >= 0.6 is 0 Å². The van der Waals surface area contributed by atoms with E-state index < -0.39 is 0 Å². The van der Waals surface area contributed by atoms with E-state index in [4.69, 9.17) is 10.5 Å². The van der Waals surface area contributed by atoms with E-state index in [9.17, 15) is 4.79 Å². The summed E-state index contributed by atoms with van der Waals surface area (Å²) in [5, 5.41) is 0. The predicted molar refractivity (Wildman–Crippen MR) is 75.1 cm³/mol. The van der Waals surface area contributed by atoms with E-state index >= 15 is 0 Å². The first-order valence-corrected chi connectivity index (χ1v) is 6.72. The fourth-order valence-corrected chi connectivity index (χ4v) is 2.67. The molecule has 1 unspecified atom stereocenters. The molecule has 1 heterocycles. The molecular weight excluding hydrogens is 240 g/mol. The SMILES string of the molecule is COc1ccc(CC(=O)N2CCCC2(C)CN)cc1. The molecule has 0 spiro atoms. The summed E-state index contributed by atoms with van der Waals surface area (Å²) in [6.07, 6.45) is 2.47. The summed E-state index contributed by atoms with van der Waals surface area (Å²) in [4.78, 5) is 14.3. The smallest absolute Gasteiger partial charge is 0.227 e. The van der Waals surface area contributed by atoms with Gasteiger partial charge in [0.25, 0.3) is 0 Å². The molecule has 1 fully saturated rings. The second-order valence-corrected chi connectivity index (χ2v) is 5.37. The number of rotatable bonds is 4. The molecule has 2 N–H and O–H groups in total. The molecule has 0 aromatic heterocycles. The topological polar surface area (TPSA) is 55.6 Å². The van der Waals surface area contributed by atoms with Gasteiger partial charge in [0.2, 0.25) is 5.91 Å². The van der Waals surface area contributed by atoms with Gasteiger partial charge in [0.15, 0.2) is 0 Å². The van der Waals surface area contributed by atoms with Gasteiger partial charge in [-0.3, -0.25) is 4.79 Å². The van der Waals surface area contributed by atoms with Crippen molar-refractivity contribution in [3.63, 3.8) is 0 Å². The van der Waals surface area contributed by atoms with E-state index in [1.165, 1.54) is 0 Å². The van der Waals surface area contributed by atoms with Gasteiger partial charge in [-0.25, -0.2) is 0 Å². The number of hydrogen-bond acceptors (Lipinski definition) is 3. The van der Waals surface area contributed by atoms with E-state index in [0.717, 1.165) is 30.7 Å². The molecule has 4 nitrogen and oxygen atoms in total. The second-order valence-electron chi connectivity index (χ2n) is 5.37. The maximum Gasteiger partial charge on any atom is 0.227 e. The van der Waals surface area contributed by atoms with Crippen molar-refractivity contribution in [2.24, 2.45) is 5.73 Å². The van der Waals surface area contributed by atoms with Crippen LogP contribution in [0.5, 0.6) is 5.75 Å². The van der Waals surface area contributed by atoms with E-state index in [1.54, 1.807) is 7.11 Å². The Balaban J connectivity index is 2.04. The number of nitrogens with zero attached hydrogens (tertiary/aromatic N) is 1. The van der Waals surface area contributed by atoms with Gasteiger partial charge in [0.1, 0.15) is 5.75 Å². The molecular formula is C15H22N2O2. The zero-order chi connectivity index (χ0) is 13.9. The van der Waals surface area contributed by atoms with Crippen molar-refractivity contribution in [2.75, 3.05) is 20.2 Å². The number of ether oxygens (including phenoxy) is 1. The summed E-state index contributed by atoms with van der Waals surface area (Å²) < 4.78 is 5.11. The van der Waals surface area contributed by atoms with E-state index in [2.05, 4.69) is 6.92 Å². The Morgan fingerprint density at radius 1 is 1.42 bits per heavy atom. The van der Waals surface area contributed by atoms with E-state index in [-0.39, 0.29) is 11.4 Å². The first-order chi connectivity index (χ1) is 9.09. The summed E-state index contributed by atoms with van der Waals surface area (Å²) >= 11 is 0. The molecule has 0 bridgehead atoms. The maximum absolute atomic E-state index is 12.4. The third kappa shape index (κ3) is 2.89. The number of methoxy groups -OCH3 is 1. The Hall–Kier alpha value is -1.55. The van der Waals surface area contributed by atoms with Gasteiger partial charge in [0, 0.05) is 13.1 Å². The molecule has 1 aliphatic heterocycles. The third-order valence-corrected chi connectivity index (χ3v) is 4.00. The molecule has 104 valence electrons. The fraction of sp³-hybridized carbons (Fsp3) is 0.533. The van der Waals surface area contributed by atoms with Crippen LogP contribution in [0, 0.1) is 0 Å². The Morgan fingerprint density at radius 3 is 2.68 bits per heavy atom. The van der Waals surface area contributed by atoms with Gasteiger partial charge in [-0.15, -0.1) is 0 Å². The number of carbonyl (C=O) groups excluding carboxylic acids is 1. The van der Waals surface area contributed by atoms with Crippen LogP contribution in [0.25, 0.3) is 0 Å². The first-order valence-electron chi connectivity index (χ1n) is 6.72. The van der Waals surface area contributed by atoms with E-state index in [1.807, 2.05) is 29.2 Å². The lowest BCUT2D eigenvalue weighted by Crippen LogP contribution is -2.50. The van der Waals surface area contributed by atoms with Crippen molar-refractivity contribution >= 4 is 5.91 Å². The lowest BCUT2D eigenvalue weighted by Gasteiger charge is -2.34. The molecule has 0 aliphatic carbocycles. The van der Waals surface area contributed by atoms with Gasteiger partial charge in [-0.1, -0.05) is 12.1 Å². The van der Waals surface area contributed by atoms with Gasteiger partial charge in [0.05, 0.1) is 19.1 Å². The van der Waals surface area contributed by atoms with Crippen LogP contribution in [-0.4, -0.2) is 36.5 Å². The molecule has 0 saturated carbocycles. The first kappa shape index (κ1) is 13.9. The minimum atomic E-state index is -0.163. The Labute approximate surface area is 114 Å². The van der Waals surface area contributed by atoms with Gasteiger partial charge >= 0.3 is 0 Å². The lowest BCUT2D eigenvalue weighted by atomic mass is 9.98. The van der Waals surface area contributed by atoms with Crippen LogP contribution in [0.3, 0.4) is 0 Å². The summed E-state index contributed by atoms with van der Waals surface area (Å²) in [7, 11) is 1.64. The highest BCUT2D eigenvalue weighted by molar-refractivity contribution is 5.80. The number of hydrogen-bond donors (Lipinski definition) is 1. The van der Waals surface area contributed by atoms with Crippen LogP contribution in [-0.2, 0) is 11.2 Å². The zero-order valence-electron chi connectivity index (χ0n) is 11.7. The fourth-order valence-electron chi connectivity index (χ4n) is 2.67. The molecule has 19 heavy (non-hydrogen) atoms. The average molecular weight is 262 g/mol. The number of likely N-dealkylation sites (tertiary alicyclic amines) is 1. The van der Waals surface area contributed by atoms with E-state index in [0.29, 0.717) is 13.0 Å². The van der Waals surface area contributed by atoms with Crippen LogP contribution in [0.4, 0.5) is 0 Å². The highest BCUT2D eigenvalue weighted by Gasteiger charge is 2.37. The quantitative estimate of drug-likeness (QED) is 0.896. The van der Waals surface area contributed by atoms with Gasteiger partial charge < -0.3 is 15.4 Å². The zero-order valence-corrected chi connectivity index (χ0v) is 11.7. The van der Waals surface area contributed by atoms with Gasteiger partial charge in [-0.05, 0) is 37.5 Å². The third-order valence-electron chi connectivity index (χ3n) is 4.00. The molecule has 1 aromatic carbocycles. The largest absolute Gasteiger partial charge is 0.497 e. The Morgan fingerprint density at radius 2 is 2.11 bits per heavy atom. The van der Waals surface area contributed by atoms with Crippen molar-refractivity contribution in [1.82, 2.24) is 4.90 Å². The second kappa shape index (κ2) is 5.61. The van der Waals surface area contributed by atoms with Crippen molar-refractivity contribution < 1.29 is 9.53 Å². The Kier molecular flexibility index (Phi) is 4.10. The van der Waals surface area contributed by atoms with Crippen molar-refractivity contribution in [1.29, 1.82) is 0 Å².